The lowest BCUT2D eigenvalue weighted by atomic mass is 9.87. The van der Waals surface area contributed by atoms with Gasteiger partial charge in [0.1, 0.15) is 17.8 Å². The van der Waals surface area contributed by atoms with Crippen LogP contribution in [0.5, 0.6) is 11.5 Å². The third-order valence-corrected chi connectivity index (χ3v) is 4.26. The van der Waals surface area contributed by atoms with Crippen LogP contribution in [0.4, 0.5) is 5.69 Å². The summed E-state index contributed by atoms with van der Waals surface area (Å²) in [6.07, 6.45) is 5.05. The largest absolute Gasteiger partial charge is 0.507 e. The van der Waals surface area contributed by atoms with Crippen LogP contribution in [-0.2, 0) is 4.79 Å². The average Bonchev–Trinajstić information content (AvgIpc) is 2.47. The first kappa shape index (κ1) is 17.3. The van der Waals surface area contributed by atoms with Crippen LogP contribution < -0.4 is 10.1 Å². The van der Waals surface area contributed by atoms with Crippen molar-refractivity contribution in [3.8, 4) is 11.5 Å². The number of fused-ring (bicyclic) bond motifs is 1. The first-order chi connectivity index (χ1) is 11.0. The number of aromatic hydroxyl groups is 1. The normalized spacial score (nSPS) is 21.3. The predicted molar refractivity (Wildman–Crippen MR) is 89.3 cm³/mol. The van der Waals surface area contributed by atoms with Crippen molar-refractivity contribution < 1.29 is 19.4 Å². The fourth-order valence-corrected chi connectivity index (χ4v) is 2.92. The van der Waals surface area contributed by atoms with E-state index in [9.17, 15) is 14.7 Å². The van der Waals surface area contributed by atoms with Gasteiger partial charge in [0.05, 0.1) is 23.3 Å². The standard InChI is InChI=1S/C18H25NO4/c1-4-5-6-7-11(2)23-13-8-15-17(16(21)9-13)18(22)14(10-20)12(3)19-15/h8-12,14,19,21H,4-7H2,1-3H3. The van der Waals surface area contributed by atoms with Gasteiger partial charge in [-0.2, -0.15) is 0 Å². The van der Waals surface area contributed by atoms with Crippen molar-refractivity contribution in [3.05, 3.63) is 17.7 Å². The van der Waals surface area contributed by atoms with Crippen molar-refractivity contribution in [2.24, 2.45) is 5.92 Å². The number of hydrogen-bond acceptors (Lipinski definition) is 5. The molecular formula is C18H25NO4. The summed E-state index contributed by atoms with van der Waals surface area (Å²) in [5.41, 5.74) is 0.697. The second kappa shape index (κ2) is 7.49. The van der Waals surface area contributed by atoms with Crippen LogP contribution in [-0.4, -0.2) is 29.3 Å². The number of hydrogen-bond donors (Lipinski definition) is 2. The molecule has 1 aliphatic heterocycles. The van der Waals surface area contributed by atoms with Crippen molar-refractivity contribution in [1.29, 1.82) is 0 Å². The first-order valence-corrected chi connectivity index (χ1v) is 8.27. The van der Waals surface area contributed by atoms with E-state index in [2.05, 4.69) is 12.2 Å². The minimum Gasteiger partial charge on any atom is -0.507 e. The van der Waals surface area contributed by atoms with Gasteiger partial charge in [0, 0.05) is 18.2 Å². The van der Waals surface area contributed by atoms with E-state index >= 15 is 0 Å². The summed E-state index contributed by atoms with van der Waals surface area (Å²) in [6.45, 7) is 5.93. The van der Waals surface area contributed by atoms with E-state index in [1.54, 1.807) is 13.0 Å². The molecular weight excluding hydrogens is 294 g/mol. The van der Waals surface area contributed by atoms with Gasteiger partial charge in [0.15, 0.2) is 5.78 Å². The number of rotatable bonds is 7. The lowest BCUT2D eigenvalue weighted by Gasteiger charge is -2.29. The molecule has 2 N–H and O–H groups in total. The van der Waals surface area contributed by atoms with Crippen LogP contribution in [0.1, 0.15) is 56.8 Å². The summed E-state index contributed by atoms with van der Waals surface area (Å²) in [5.74, 6) is -0.730. The average molecular weight is 319 g/mol. The third kappa shape index (κ3) is 3.84. The minimum absolute atomic E-state index is 0.0402. The van der Waals surface area contributed by atoms with Crippen LogP contribution in [0.2, 0.25) is 0 Å². The molecule has 1 heterocycles. The van der Waals surface area contributed by atoms with Gasteiger partial charge in [-0.15, -0.1) is 0 Å². The molecule has 0 bridgehead atoms. The molecule has 0 fully saturated rings. The second-order valence-electron chi connectivity index (χ2n) is 6.25. The van der Waals surface area contributed by atoms with Crippen molar-refractivity contribution in [2.75, 3.05) is 5.32 Å². The van der Waals surface area contributed by atoms with E-state index in [4.69, 9.17) is 4.74 Å². The second-order valence-corrected chi connectivity index (χ2v) is 6.25. The zero-order chi connectivity index (χ0) is 17.0. The Kier molecular flexibility index (Phi) is 5.64. The maximum absolute atomic E-state index is 12.3. The van der Waals surface area contributed by atoms with Crippen molar-refractivity contribution in [2.45, 2.75) is 58.6 Å². The van der Waals surface area contributed by atoms with Crippen molar-refractivity contribution in [1.82, 2.24) is 0 Å². The molecule has 0 saturated carbocycles. The SMILES string of the molecule is CCCCCC(C)Oc1cc(O)c2c(c1)NC(C)C(C=O)C2=O. The van der Waals surface area contributed by atoms with Gasteiger partial charge in [-0.3, -0.25) is 4.79 Å². The van der Waals surface area contributed by atoms with Gasteiger partial charge < -0.3 is 20.0 Å². The molecule has 0 radical (unpaired) electrons. The summed E-state index contributed by atoms with van der Waals surface area (Å²) in [7, 11) is 0. The lowest BCUT2D eigenvalue weighted by Crippen LogP contribution is -2.38. The van der Waals surface area contributed by atoms with Gasteiger partial charge in [-0.05, 0) is 26.7 Å². The Morgan fingerprint density at radius 3 is 2.78 bits per heavy atom. The number of nitrogens with one attached hydrogen (secondary N) is 1. The highest BCUT2D eigenvalue weighted by Crippen LogP contribution is 2.38. The summed E-state index contributed by atoms with van der Waals surface area (Å²) in [4.78, 5) is 23.4. The Balaban J connectivity index is 2.17. The Labute approximate surface area is 137 Å². The maximum Gasteiger partial charge on any atom is 0.180 e. The number of Topliss-reactive ketones (excluding diaryl/α,β-unsaturated/α-hetero) is 1. The Morgan fingerprint density at radius 2 is 2.13 bits per heavy atom. The van der Waals surface area contributed by atoms with Gasteiger partial charge in [-0.1, -0.05) is 19.8 Å². The molecule has 23 heavy (non-hydrogen) atoms. The van der Waals surface area contributed by atoms with Crippen LogP contribution >= 0.6 is 0 Å². The number of benzene rings is 1. The van der Waals surface area contributed by atoms with E-state index in [-0.39, 0.29) is 29.2 Å². The van der Waals surface area contributed by atoms with Gasteiger partial charge in [0.25, 0.3) is 0 Å². The first-order valence-electron chi connectivity index (χ1n) is 8.27. The molecule has 0 spiro atoms. The van der Waals surface area contributed by atoms with Crippen LogP contribution in [0.15, 0.2) is 12.1 Å². The Morgan fingerprint density at radius 1 is 1.39 bits per heavy atom. The molecule has 0 aliphatic carbocycles. The van der Waals surface area contributed by atoms with E-state index < -0.39 is 5.92 Å². The number of anilines is 1. The number of phenols is 1. The minimum atomic E-state index is -0.770. The third-order valence-electron chi connectivity index (χ3n) is 4.26. The van der Waals surface area contributed by atoms with Crippen molar-refractivity contribution >= 4 is 17.8 Å². The highest BCUT2D eigenvalue weighted by atomic mass is 16.5. The number of aldehydes is 1. The van der Waals surface area contributed by atoms with E-state index in [1.165, 1.54) is 12.5 Å². The fourth-order valence-electron chi connectivity index (χ4n) is 2.92. The summed E-state index contributed by atoms with van der Waals surface area (Å²) < 4.78 is 5.85. The van der Waals surface area contributed by atoms with Gasteiger partial charge in [-0.25, -0.2) is 0 Å². The highest BCUT2D eigenvalue weighted by molar-refractivity contribution is 6.13. The monoisotopic (exact) mass is 319 g/mol. The molecule has 5 heteroatoms. The van der Waals surface area contributed by atoms with E-state index in [1.807, 2.05) is 6.92 Å². The summed E-state index contributed by atoms with van der Waals surface area (Å²) >= 11 is 0. The Bertz CT molecular complexity index is 585. The van der Waals surface area contributed by atoms with Crippen molar-refractivity contribution in [3.63, 3.8) is 0 Å². The summed E-state index contributed by atoms with van der Waals surface area (Å²) in [5, 5.41) is 13.3. The molecule has 0 saturated heterocycles. The molecule has 0 aromatic heterocycles. The molecule has 1 aliphatic rings. The molecule has 2 rings (SSSR count). The van der Waals surface area contributed by atoms with Crippen LogP contribution in [0.3, 0.4) is 0 Å². The fraction of sp³-hybridized carbons (Fsp3) is 0.556. The molecule has 126 valence electrons. The van der Waals surface area contributed by atoms with Crippen LogP contribution in [0.25, 0.3) is 0 Å². The quantitative estimate of drug-likeness (QED) is 0.456. The number of ether oxygens (including phenoxy) is 1. The highest BCUT2D eigenvalue weighted by Gasteiger charge is 2.35. The lowest BCUT2D eigenvalue weighted by molar-refractivity contribution is -0.110. The number of ketones is 1. The number of unbranched alkanes of at least 4 members (excludes halogenated alkanes) is 2. The molecule has 3 unspecified atom stereocenters. The van der Waals surface area contributed by atoms with Gasteiger partial charge >= 0.3 is 0 Å². The molecule has 1 aromatic carbocycles. The maximum atomic E-state index is 12.3. The Hall–Kier alpha value is -2.04. The number of phenolic OH excluding ortho intramolecular Hbond substituents is 1. The number of carbonyl (C=O) groups is 2. The zero-order valence-electron chi connectivity index (χ0n) is 14.0. The van der Waals surface area contributed by atoms with E-state index in [0.717, 1.165) is 19.3 Å². The number of carbonyl (C=O) groups excluding carboxylic acids is 2. The summed E-state index contributed by atoms with van der Waals surface area (Å²) in [6, 6.07) is 2.87. The van der Waals surface area contributed by atoms with E-state index in [0.29, 0.717) is 17.7 Å². The van der Waals surface area contributed by atoms with Crippen LogP contribution in [0, 0.1) is 5.92 Å². The topological polar surface area (TPSA) is 75.6 Å². The smallest absolute Gasteiger partial charge is 0.180 e. The molecule has 1 aromatic rings. The zero-order valence-corrected chi connectivity index (χ0v) is 14.0. The molecule has 5 nitrogen and oxygen atoms in total. The molecule has 3 atom stereocenters. The molecule has 0 amide bonds. The van der Waals surface area contributed by atoms with Gasteiger partial charge in [0.2, 0.25) is 0 Å². The predicted octanol–water partition coefficient (Wildman–Crippen LogP) is 3.55.